The van der Waals surface area contributed by atoms with Crippen LogP contribution in [0, 0.1) is 6.92 Å². The normalized spacial score (nSPS) is 21.7. The largest absolute Gasteiger partial charge is 0.351 e. The van der Waals surface area contributed by atoms with Crippen molar-refractivity contribution in [1.82, 2.24) is 10.1 Å². The van der Waals surface area contributed by atoms with Crippen LogP contribution in [-0.4, -0.2) is 28.6 Å². The molecule has 2 heterocycles. The van der Waals surface area contributed by atoms with E-state index in [2.05, 4.69) is 12.1 Å². The number of piperidine rings is 1. The fourth-order valence-corrected chi connectivity index (χ4v) is 2.01. The third-order valence-electron chi connectivity index (χ3n) is 2.90. The molecule has 0 N–H and O–H groups in total. The van der Waals surface area contributed by atoms with Crippen LogP contribution in [0.15, 0.2) is 10.6 Å². The van der Waals surface area contributed by atoms with Crippen LogP contribution in [-0.2, 0) is 0 Å². The Morgan fingerprint density at radius 2 is 2.40 bits per heavy atom. The molecule has 82 valence electrons. The van der Waals surface area contributed by atoms with Crippen molar-refractivity contribution in [2.24, 2.45) is 0 Å². The van der Waals surface area contributed by atoms with E-state index in [0.29, 0.717) is 11.8 Å². The Balaban J connectivity index is 2.13. The summed E-state index contributed by atoms with van der Waals surface area (Å²) in [4.78, 5) is 13.9. The maximum Gasteiger partial charge on any atom is 0.292 e. The van der Waals surface area contributed by atoms with E-state index in [9.17, 15) is 4.79 Å². The van der Waals surface area contributed by atoms with Gasteiger partial charge in [0.1, 0.15) is 0 Å². The van der Waals surface area contributed by atoms with E-state index >= 15 is 0 Å². The Kier molecular flexibility index (Phi) is 2.75. The molecule has 4 nitrogen and oxygen atoms in total. The minimum absolute atomic E-state index is 0.0252. The smallest absolute Gasteiger partial charge is 0.292 e. The minimum atomic E-state index is -0.0252. The summed E-state index contributed by atoms with van der Waals surface area (Å²) >= 11 is 0. The first-order valence-corrected chi connectivity index (χ1v) is 5.43. The molecule has 1 saturated heterocycles. The number of nitrogens with zero attached hydrogens (tertiary/aromatic N) is 2. The van der Waals surface area contributed by atoms with Crippen LogP contribution < -0.4 is 0 Å². The second kappa shape index (κ2) is 4.04. The summed E-state index contributed by atoms with van der Waals surface area (Å²) in [6.07, 6.45) is 3.38. The molecule has 0 radical (unpaired) electrons. The Hall–Kier alpha value is -1.32. The fraction of sp³-hybridized carbons (Fsp3) is 0.636. The molecule has 1 aromatic rings. The van der Waals surface area contributed by atoms with Crippen LogP contribution in [0.25, 0.3) is 0 Å². The van der Waals surface area contributed by atoms with E-state index in [-0.39, 0.29) is 5.91 Å². The molecule has 1 fully saturated rings. The first-order valence-electron chi connectivity index (χ1n) is 5.43. The lowest BCUT2D eigenvalue weighted by Gasteiger charge is -2.32. The van der Waals surface area contributed by atoms with Gasteiger partial charge in [0.2, 0.25) is 5.76 Å². The third-order valence-corrected chi connectivity index (χ3v) is 2.90. The van der Waals surface area contributed by atoms with Crippen LogP contribution >= 0.6 is 0 Å². The van der Waals surface area contributed by atoms with Gasteiger partial charge in [0, 0.05) is 18.7 Å². The Morgan fingerprint density at radius 3 is 3.00 bits per heavy atom. The van der Waals surface area contributed by atoms with Gasteiger partial charge in [-0.15, -0.1) is 0 Å². The zero-order valence-corrected chi connectivity index (χ0v) is 9.19. The second-order valence-corrected chi connectivity index (χ2v) is 4.18. The van der Waals surface area contributed by atoms with Crippen molar-refractivity contribution in [3.05, 3.63) is 17.5 Å². The first kappa shape index (κ1) is 10.2. The van der Waals surface area contributed by atoms with Crippen LogP contribution in [0.4, 0.5) is 0 Å². The highest BCUT2D eigenvalue weighted by Crippen LogP contribution is 2.19. The predicted octanol–water partition coefficient (Wildman–Crippen LogP) is 2.00. The number of carbonyl (C=O) groups excluding carboxylic acids is 1. The van der Waals surface area contributed by atoms with Crippen molar-refractivity contribution >= 4 is 5.91 Å². The van der Waals surface area contributed by atoms with Gasteiger partial charge in [-0.25, -0.2) is 0 Å². The number of aryl methyl sites for hydroxylation is 1. The molecule has 1 atom stereocenters. The topological polar surface area (TPSA) is 46.3 Å². The monoisotopic (exact) mass is 208 g/mol. The van der Waals surface area contributed by atoms with Gasteiger partial charge in [-0.3, -0.25) is 4.79 Å². The summed E-state index contributed by atoms with van der Waals surface area (Å²) in [6, 6.07) is 2.01. The molecule has 0 spiro atoms. The quantitative estimate of drug-likeness (QED) is 0.709. The summed E-state index contributed by atoms with van der Waals surface area (Å²) in [7, 11) is 0. The van der Waals surface area contributed by atoms with E-state index in [0.717, 1.165) is 25.1 Å². The molecule has 1 aliphatic rings. The van der Waals surface area contributed by atoms with Crippen molar-refractivity contribution in [3.63, 3.8) is 0 Å². The molecule has 4 heteroatoms. The summed E-state index contributed by atoms with van der Waals surface area (Å²) in [5, 5.41) is 3.74. The number of aromatic nitrogens is 1. The first-order chi connectivity index (χ1) is 7.18. The average Bonchev–Trinajstić information content (AvgIpc) is 2.65. The molecule has 0 aromatic carbocycles. The van der Waals surface area contributed by atoms with E-state index < -0.39 is 0 Å². The minimum Gasteiger partial charge on any atom is -0.351 e. The van der Waals surface area contributed by atoms with Gasteiger partial charge in [-0.1, -0.05) is 5.16 Å². The molecule has 2 rings (SSSR count). The summed E-state index contributed by atoms with van der Waals surface area (Å²) in [5.74, 6) is 0.337. The lowest BCUT2D eigenvalue weighted by Crippen LogP contribution is -2.41. The molecule has 0 saturated carbocycles. The van der Waals surface area contributed by atoms with Crippen molar-refractivity contribution in [1.29, 1.82) is 0 Å². The van der Waals surface area contributed by atoms with Gasteiger partial charge >= 0.3 is 0 Å². The van der Waals surface area contributed by atoms with Crippen molar-refractivity contribution in [2.75, 3.05) is 6.54 Å². The highest BCUT2D eigenvalue weighted by atomic mass is 16.5. The van der Waals surface area contributed by atoms with Gasteiger partial charge in [0.05, 0.1) is 5.69 Å². The second-order valence-electron chi connectivity index (χ2n) is 4.18. The summed E-state index contributed by atoms with van der Waals surface area (Å²) in [6.45, 7) is 4.74. The van der Waals surface area contributed by atoms with E-state index in [4.69, 9.17) is 4.52 Å². The Labute approximate surface area is 89.2 Å². The maximum atomic E-state index is 12.0. The number of carbonyl (C=O) groups is 1. The van der Waals surface area contributed by atoms with Crippen LogP contribution in [0.1, 0.15) is 42.4 Å². The van der Waals surface area contributed by atoms with Crippen LogP contribution in [0.5, 0.6) is 0 Å². The number of likely N-dealkylation sites (tertiary alicyclic amines) is 1. The zero-order valence-electron chi connectivity index (χ0n) is 9.19. The summed E-state index contributed by atoms with van der Waals surface area (Å²) in [5.41, 5.74) is 0.753. The third kappa shape index (κ3) is 2.03. The average molecular weight is 208 g/mol. The van der Waals surface area contributed by atoms with Crippen molar-refractivity contribution in [3.8, 4) is 0 Å². The number of hydrogen-bond acceptors (Lipinski definition) is 3. The van der Waals surface area contributed by atoms with Gasteiger partial charge in [0.25, 0.3) is 5.91 Å². The molecular formula is C11H16N2O2. The molecule has 1 aromatic heterocycles. The molecular weight excluding hydrogens is 192 g/mol. The number of amides is 1. The van der Waals surface area contributed by atoms with Crippen molar-refractivity contribution in [2.45, 2.75) is 39.2 Å². The SMILES string of the molecule is Cc1cc(C(=O)N2CCCC[C@H]2C)on1. The van der Waals surface area contributed by atoms with Crippen LogP contribution in [0.3, 0.4) is 0 Å². The van der Waals surface area contributed by atoms with E-state index in [1.165, 1.54) is 6.42 Å². The molecule has 0 unspecified atom stereocenters. The van der Waals surface area contributed by atoms with Gasteiger partial charge in [0.15, 0.2) is 0 Å². The molecule has 0 bridgehead atoms. The molecule has 1 amide bonds. The molecule has 15 heavy (non-hydrogen) atoms. The lowest BCUT2D eigenvalue weighted by molar-refractivity contribution is 0.0593. The Morgan fingerprint density at radius 1 is 1.60 bits per heavy atom. The molecule has 0 aliphatic carbocycles. The van der Waals surface area contributed by atoms with Gasteiger partial charge < -0.3 is 9.42 Å². The van der Waals surface area contributed by atoms with Crippen LogP contribution in [0.2, 0.25) is 0 Å². The summed E-state index contributed by atoms with van der Waals surface area (Å²) < 4.78 is 4.99. The highest BCUT2D eigenvalue weighted by Gasteiger charge is 2.26. The molecule has 1 aliphatic heterocycles. The number of rotatable bonds is 1. The van der Waals surface area contributed by atoms with Gasteiger partial charge in [-0.05, 0) is 33.1 Å². The lowest BCUT2D eigenvalue weighted by atomic mass is 10.0. The van der Waals surface area contributed by atoms with E-state index in [1.807, 2.05) is 11.8 Å². The zero-order chi connectivity index (χ0) is 10.8. The standard InChI is InChI=1S/C11H16N2O2/c1-8-7-10(15-12-8)11(14)13-6-4-3-5-9(13)2/h7,9H,3-6H2,1-2H3/t9-/m1/s1. The van der Waals surface area contributed by atoms with Crippen molar-refractivity contribution < 1.29 is 9.32 Å². The Bertz CT molecular complexity index is 359. The maximum absolute atomic E-state index is 12.0. The van der Waals surface area contributed by atoms with Gasteiger partial charge in [-0.2, -0.15) is 0 Å². The predicted molar refractivity (Wildman–Crippen MR) is 55.6 cm³/mol. The number of hydrogen-bond donors (Lipinski definition) is 0. The van der Waals surface area contributed by atoms with E-state index in [1.54, 1.807) is 6.07 Å². The fourth-order valence-electron chi connectivity index (χ4n) is 2.01. The highest BCUT2D eigenvalue weighted by molar-refractivity contribution is 5.91.